The van der Waals surface area contributed by atoms with Gasteiger partial charge in [0.05, 0.1) is 23.3 Å². The van der Waals surface area contributed by atoms with E-state index >= 15 is 0 Å². The SMILES string of the molecule is CC(C)c1c(-c2ccc(C(F)(F)F)cc2)nc2n1CCN(C(=O)CN)C2(C)C. The van der Waals surface area contributed by atoms with Crippen LogP contribution in [0.25, 0.3) is 11.3 Å². The Balaban J connectivity index is 2.13. The second-order valence-electron chi connectivity index (χ2n) is 7.86. The van der Waals surface area contributed by atoms with Gasteiger partial charge in [-0.25, -0.2) is 4.98 Å². The molecule has 0 atom stereocenters. The van der Waals surface area contributed by atoms with Crippen LogP contribution < -0.4 is 5.73 Å². The number of aromatic nitrogens is 2. The summed E-state index contributed by atoms with van der Waals surface area (Å²) in [5.74, 6) is 0.687. The van der Waals surface area contributed by atoms with E-state index in [2.05, 4.69) is 4.57 Å². The highest BCUT2D eigenvalue weighted by Gasteiger charge is 2.41. The smallest absolute Gasteiger partial charge is 0.327 e. The molecule has 2 N–H and O–H groups in total. The van der Waals surface area contributed by atoms with E-state index in [9.17, 15) is 18.0 Å². The highest BCUT2D eigenvalue weighted by atomic mass is 19.4. The van der Waals surface area contributed by atoms with Gasteiger partial charge < -0.3 is 15.2 Å². The Morgan fingerprint density at radius 3 is 2.32 bits per heavy atom. The minimum absolute atomic E-state index is 0.0765. The van der Waals surface area contributed by atoms with Crippen LogP contribution in [0.1, 0.15) is 50.7 Å². The van der Waals surface area contributed by atoms with Crippen LogP contribution in [0, 0.1) is 0 Å². The Morgan fingerprint density at radius 1 is 1.21 bits per heavy atom. The molecule has 1 aliphatic heterocycles. The van der Waals surface area contributed by atoms with Gasteiger partial charge in [0, 0.05) is 24.3 Å². The molecule has 1 amide bonds. The van der Waals surface area contributed by atoms with Gasteiger partial charge in [0.1, 0.15) is 5.82 Å². The third-order valence-corrected chi connectivity index (χ3v) is 5.28. The topological polar surface area (TPSA) is 64.2 Å². The third-order valence-electron chi connectivity index (χ3n) is 5.28. The molecule has 28 heavy (non-hydrogen) atoms. The van der Waals surface area contributed by atoms with E-state index in [4.69, 9.17) is 10.7 Å². The fraction of sp³-hybridized carbons (Fsp3) is 0.500. The highest BCUT2D eigenvalue weighted by molar-refractivity contribution is 5.79. The number of carbonyl (C=O) groups is 1. The molecule has 0 saturated heterocycles. The third kappa shape index (κ3) is 3.30. The second-order valence-corrected chi connectivity index (χ2v) is 7.86. The van der Waals surface area contributed by atoms with Crippen LogP contribution in [0.15, 0.2) is 24.3 Å². The summed E-state index contributed by atoms with van der Waals surface area (Å²) in [6, 6.07) is 5.07. The maximum atomic E-state index is 12.9. The van der Waals surface area contributed by atoms with Crippen molar-refractivity contribution >= 4 is 5.91 Å². The number of benzene rings is 1. The van der Waals surface area contributed by atoms with E-state index in [1.807, 2.05) is 27.7 Å². The molecule has 1 aromatic carbocycles. The van der Waals surface area contributed by atoms with Gasteiger partial charge in [-0.2, -0.15) is 13.2 Å². The molecule has 0 bridgehead atoms. The lowest BCUT2D eigenvalue weighted by Gasteiger charge is -2.42. The van der Waals surface area contributed by atoms with Gasteiger partial charge in [0.2, 0.25) is 5.91 Å². The normalized spacial score (nSPS) is 16.4. The molecule has 0 fully saturated rings. The quantitative estimate of drug-likeness (QED) is 0.863. The van der Waals surface area contributed by atoms with Crippen LogP contribution in [0.5, 0.6) is 0 Å². The molecule has 0 unspecified atom stereocenters. The van der Waals surface area contributed by atoms with Crippen molar-refractivity contribution in [3.63, 3.8) is 0 Å². The molecule has 1 aromatic heterocycles. The summed E-state index contributed by atoms with van der Waals surface area (Å²) in [5.41, 5.74) is 6.46. The monoisotopic (exact) mass is 394 g/mol. The second kappa shape index (κ2) is 6.92. The molecule has 3 rings (SSSR count). The van der Waals surface area contributed by atoms with Crippen molar-refractivity contribution in [2.24, 2.45) is 5.73 Å². The number of alkyl halides is 3. The van der Waals surface area contributed by atoms with Crippen molar-refractivity contribution in [1.82, 2.24) is 14.5 Å². The average molecular weight is 394 g/mol. The molecule has 0 radical (unpaired) electrons. The van der Waals surface area contributed by atoms with Crippen LogP contribution in [0.2, 0.25) is 0 Å². The Hall–Kier alpha value is -2.35. The van der Waals surface area contributed by atoms with Gasteiger partial charge in [0.15, 0.2) is 0 Å². The first kappa shape index (κ1) is 20.4. The summed E-state index contributed by atoms with van der Waals surface area (Å²) < 4.78 is 40.8. The first-order valence-electron chi connectivity index (χ1n) is 9.27. The van der Waals surface area contributed by atoms with Gasteiger partial charge in [-0.3, -0.25) is 4.79 Å². The number of nitrogens with zero attached hydrogens (tertiary/aromatic N) is 3. The molecule has 2 heterocycles. The van der Waals surface area contributed by atoms with E-state index in [0.29, 0.717) is 24.3 Å². The van der Waals surface area contributed by atoms with Gasteiger partial charge in [-0.15, -0.1) is 0 Å². The molecule has 5 nitrogen and oxygen atoms in total. The molecule has 0 saturated carbocycles. The van der Waals surface area contributed by atoms with Crippen molar-refractivity contribution in [2.75, 3.05) is 13.1 Å². The largest absolute Gasteiger partial charge is 0.416 e. The maximum absolute atomic E-state index is 12.9. The summed E-state index contributed by atoms with van der Waals surface area (Å²) in [4.78, 5) is 18.8. The Bertz CT molecular complexity index is 882. The summed E-state index contributed by atoms with van der Waals surface area (Å²) in [7, 11) is 0. The predicted octanol–water partition coefficient (Wildman–Crippen LogP) is 3.73. The van der Waals surface area contributed by atoms with Gasteiger partial charge >= 0.3 is 6.18 Å². The van der Waals surface area contributed by atoms with E-state index < -0.39 is 17.3 Å². The number of rotatable bonds is 3. The van der Waals surface area contributed by atoms with E-state index in [1.54, 1.807) is 4.90 Å². The van der Waals surface area contributed by atoms with Gasteiger partial charge in [-0.1, -0.05) is 26.0 Å². The number of nitrogens with two attached hydrogens (primary N) is 1. The van der Waals surface area contributed by atoms with Crippen LogP contribution >= 0.6 is 0 Å². The zero-order chi connectivity index (χ0) is 20.9. The standard InChI is InChI=1S/C20H25F3N4O/c1-12(2)17-16(13-5-7-14(8-6-13)20(21,22)23)25-18-19(3,4)27(15(28)11-24)10-9-26(17)18/h5-8,12H,9-11,24H2,1-4H3. The minimum Gasteiger partial charge on any atom is -0.327 e. The molecular weight excluding hydrogens is 369 g/mol. The summed E-state index contributed by atoms with van der Waals surface area (Å²) in [6.45, 7) is 8.90. The Labute approximate surface area is 162 Å². The predicted molar refractivity (Wildman–Crippen MR) is 101 cm³/mol. The number of hydrogen-bond donors (Lipinski definition) is 1. The Morgan fingerprint density at radius 2 is 1.82 bits per heavy atom. The van der Waals surface area contributed by atoms with Crippen LogP contribution in [0.4, 0.5) is 13.2 Å². The van der Waals surface area contributed by atoms with E-state index in [0.717, 1.165) is 23.7 Å². The molecule has 8 heteroatoms. The molecule has 1 aliphatic rings. The number of imidazole rings is 1. The zero-order valence-corrected chi connectivity index (χ0v) is 16.5. The average Bonchev–Trinajstić information content (AvgIpc) is 3.01. The number of carbonyl (C=O) groups excluding carboxylic acids is 1. The molecule has 0 spiro atoms. The lowest BCUT2D eigenvalue weighted by atomic mass is 9.98. The molecule has 0 aliphatic carbocycles. The van der Waals surface area contributed by atoms with Crippen molar-refractivity contribution in [2.45, 2.75) is 51.9 Å². The lowest BCUT2D eigenvalue weighted by Crippen LogP contribution is -2.53. The van der Waals surface area contributed by atoms with Crippen LogP contribution in [-0.4, -0.2) is 33.4 Å². The first-order chi connectivity index (χ1) is 13.0. The van der Waals surface area contributed by atoms with Crippen molar-refractivity contribution in [1.29, 1.82) is 0 Å². The van der Waals surface area contributed by atoms with Crippen LogP contribution in [-0.2, 0) is 23.1 Å². The minimum atomic E-state index is -4.38. The lowest BCUT2D eigenvalue weighted by molar-refractivity contribution is -0.138. The van der Waals surface area contributed by atoms with Crippen molar-refractivity contribution < 1.29 is 18.0 Å². The van der Waals surface area contributed by atoms with E-state index in [-0.39, 0.29) is 18.4 Å². The number of halogens is 3. The van der Waals surface area contributed by atoms with Crippen LogP contribution in [0.3, 0.4) is 0 Å². The highest BCUT2D eigenvalue weighted by Crippen LogP contribution is 2.39. The number of amides is 1. The number of fused-ring (bicyclic) bond motifs is 1. The first-order valence-corrected chi connectivity index (χ1v) is 9.27. The van der Waals surface area contributed by atoms with Gasteiger partial charge in [-0.05, 0) is 31.9 Å². The number of hydrogen-bond acceptors (Lipinski definition) is 3. The summed E-state index contributed by atoms with van der Waals surface area (Å²) >= 11 is 0. The molecular formula is C20H25F3N4O. The zero-order valence-electron chi connectivity index (χ0n) is 16.5. The molecule has 152 valence electrons. The fourth-order valence-corrected chi connectivity index (χ4v) is 3.92. The fourth-order valence-electron chi connectivity index (χ4n) is 3.92. The summed E-state index contributed by atoms with van der Waals surface area (Å²) in [5, 5.41) is 0. The van der Waals surface area contributed by atoms with Crippen molar-refractivity contribution in [3.05, 3.63) is 41.3 Å². The summed E-state index contributed by atoms with van der Waals surface area (Å²) in [6.07, 6.45) is -4.38. The molecule has 2 aromatic rings. The van der Waals surface area contributed by atoms with Crippen molar-refractivity contribution in [3.8, 4) is 11.3 Å². The van der Waals surface area contributed by atoms with E-state index in [1.165, 1.54) is 12.1 Å². The maximum Gasteiger partial charge on any atom is 0.416 e. The Kier molecular flexibility index (Phi) is 5.04. The van der Waals surface area contributed by atoms with Gasteiger partial charge in [0.25, 0.3) is 0 Å².